The molecule has 2 aromatic rings. The van der Waals surface area contributed by atoms with Crippen molar-refractivity contribution < 1.29 is 4.79 Å². The van der Waals surface area contributed by atoms with Gasteiger partial charge >= 0.3 is 0 Å². The molecular weight excluding hydrogens is 381 g/mol. The van der Waals surface area contributed by atoms with Crippen molar-refractivity contribution in [3.8, 4) is 0 Å². The average molecular weight is 407 g/mol. The first kappa shape index (κ1) is 18.7. The Morgan fingerprint density at radius 1 is 1.21 bits per heavy atom. The summed E-state index contributed by atoms with van der Waals surface area (Å²) in [4.78, 5) is 21.8. The van der Waals surface area contributed by atoms with Gasteiger partial charge < -0.3 is 9.80 Å². The summed E-state index contributed by atoms with van der Waals surface area (Å²) >= 11 is 0. The van der Waals surface area contributed by atoms with Crippen LogP contribution in [0.15, 0.2) is 42.3 Å². The van der Waals surface area contributed by atoms with Crippen LogP contribution in [0, 0.1) is 19.8 Å². The van der Waals surface area contributed by atoms with E-state index < -0.39 is 0 Å². The highest BCUT2D eigenvalue weighted by Crippen LogP contribution is 2.45. The third kappa shape index (κ3) is 3.45. The van der Waals surface area contributed by atoms with E-state index in [2.05, 4.69) is 41.3 Å². The molecule has 0 saturated carbocycles. The van der Waals surface area contributed by atoms with E-state index in [1.54, 1.807) is 6.08 Å². The van der Waals surface area contributed by atoms with Crippen molar-refractivity contribution in [3.05, 3.63) is 59.3 Å². The summed E-state index contributed by atoms with van der Waals surface area (Å²) in [6.45, 7) is 6.22. The van der Waals surface area contributed by atoms with Crippen LogP contribution in [0.2, 0.25) is 0 Å². The minimum atomic E-state index is 0.0570. The molecular formula is C22H26N5OP. The molecule has 0 aliphatic carbocycles. The average Bonchev–Trinajstić information content (AvgIpc) is 3.13. The fourth-order valence-corrected chi connectivity index (χ4v) is 5.78. The molecule has 1 amide bonds. The molecule has 0 spiro atoms. The zero-order valence-corrected chi connectivity index (χ0v) is 18.1. The molecule has 3 aliphatic heterocycles. The van der Waals surface area contributed by atoms with Crippen LogP contribution in [0.5, 0.6) is 0 Å². The van der Waals surface area contributed by atoms with E-state index in [0.717, 1.165) is 53.8 Å². The van der Waals surface area contributed by atoms with Crippen molar-refractivity contribution in [2.45, 2.75) is 32.5 Å². The summed E-state index contributed by atoms with van der Waals surface area (Å²) in [6, 6.07) is 2.05. The van der Waals surface area contributed by atoms with E-state index in [1.165, 1.54) is 5.57 Å². The maximum atomic E-state index is 12.9. The topological polar surface area (TPSA) is 53.7 Å². The van der Waals surface area contributed by atoms with Crippen molar-refractivity contribution in [1.82, 2.24) is 24.4 Å². The van der Waals surface area contributed by atoms with Gasteiger partial charge in [0, 0.05) is 17.6 Å². The van der Waals surface area contributed by atoms with Crippen LogP contribution >= 0.6 is 8.58 Å². The van der Waals surface area contributed by atoms with Gasteiger partial charge in [0.05, 0.1) is 34.6 Å². The molecule has 2 atom stereocenters. The van der Waals surface area contributed by atoms with E-state index in [-0.39, 0.29) is 11.7 Å². The predicted molar refractivity (Wildman–Crippen MR) is 117 cm³/mol. The Morgan fingerprint density at radius 2 is 2.00 bits per heavy atom. The number of aromatic nitrogens is 3. The molecule has 1 fully saturated rings. The molecule has 7 heteroatoms. The van der Waals surface area contributed by atoms with Gasteiger partial charge in [-0.2, -0.15) is 5.10 Å². The number of likely N-dealkylation sites (tertiary alicyclic amines) is 1. The largest absolute Gasteiger partial charge is 0.306 e. The first-order chi connectivity index (χ1) is 14.0. The van der Waals surface area contributed by atoms with Crippen LogP contribution in [0.4, 0.5) is 0 Å². The number of rotatable bonds is 2. The number of piperidine rings is 1. The van der Waals surface area contributed by atoms with E-state index in [1.807, 2.05) is 29.5 Å². The zero-order chi connectivity index (χ0) is 20.1. The third-order valence-electron chi connectivity index (χ3n) is 6.11. The maximum Gasteiger partial charge on any atom is 0.252 e. The Morgan fingerprint density at radius 3 is 2.79 bits per heavy atom. The molecule has 1 saturated heterocycles. The van der Waals surface area contributed by atoms with Crippen molar-refractivity contribution in [1.29, 1.82) is 0 Å². The monoisotopic (exact) mass is 407 g/mol. The first-order valence-corrected chi connectivity index (χ1v) is 11.3. The van der Waals surface area contributed by atoms with Gasteiger partial charge in [0.15, 0.2) is 0 Å². The van der Waals surface area contributed by atoms with Crippen LogP contribution in [0.3, 0.4) is 0 Å². The number of nitrogens with zero attached hydrogens (tertiary/aromatic N) is 5. The van der Waals surface area contributed by atoms with Gasteiger partial charge in [-0.05, 0) is 64.4 Å². The normalized spacial score (nSPS) is 24.2. The molecule has 29 heavy (non-hydrogen) atoms. The quantitative estimate of drug-likeness (QED) is 0.717. The molecule has 2 unspecified atom stereocenters. The Labute approximate surface area is 172 Å². The second-order valence-corrected chi connectivity index (χ2v) is 9.70. The van der Waals surface area contributed by atoms with Gasteiger partial charge in [-0.3, -0.25) is 9.78 Å². The number of allylic oxidation sites excluding steroid dienone is 2. The molecule has 150 valence electrons. The van der Waals surface area contributed by atoms with Crippen molar-refractivity contribution in [2.75, 3.05) is 20.1 Å². The number of aryl methyl sites for hydroxylation is 2. The van der Waals surface area contributed by atoms with Crippen LogP contribution in [-0.2, 0) is 4.79 Å². The molecule has 6 nitrogen and oxygen atoms in total. The molecule has 0 aromatic carbocycles. The van der Waals surface area contributed by atoms with E-state index in [4.69, 9.17) is 5.10 Å². The minimum absolute atomic E-state index is 0.0570. The lowest BCUT2D eigenvalue weighted by Gasteiger charge is -2.36. The number of fused-ring (bicyclic) bond motifs is 2. The molecule has 2 aromatic heterocycles. The predicted octanol–water partition coefficient (Wildman–Crippen LogP) is 3.33. The number of carbonyl (C=O) groups excluding carboxylic acids is 1. The first-order valence-electron chi connectivity index (χ1n) is 10.2. The van der Waals surface area contributed by atoms with E-state index in [0.29, 0.717) is 14.5 Å². The SMILES string of the molecule is Cc1cn2nc(C3=CC(=O)N4C=C(C5CCN(C)CC5)C=CC4P3)cc2c(C)n1. The van der Waals surface area contributed by atoms with Crippen LogP contribution in [0.25, 0.3) is 10.8 Å². The van der Waals surface area contributed by atoms with Crippen molar-refractivity contribution >= 4 is 25.3 Å². The molecule has 5 rings (SSSR count). The lowest BCUT2D eigenvalue weighted by molar-refractivity contribution is -0.123. The third-order valence-corrected chi connectivity index (χ3v) is 7.59. The standard InChI is InChI=1S/C22H26N5OP/c1-14-12-27-19(15(2)23-14)10-18(24-27)20-11-21(28)26-13-17(4-5-22(26)29-20)16-6-8-25(3)9-7-16/h4-5,10-13,16,22,29H,6-9H2,1-3H3. The molecule has 0 radical (unpaired) electrons. The number of amides is 1. The summed E-state index contributed by atoms with van der Waals surface area (Å²) < 4.78 is 1.88. The summed E-state index contributed by atoms with van der Waals surface area (Å²) in [5, 5.41) is 5.75. The second-order valence-electron chi connectivity index (χ2n) is 8.29. The van der Waals surface area contributed by atoms with Crippen molar-refractivity contribution in [2.24, 2.45) is 5.92 Å². The van der Waals surface area contributed by atoms with Crippen LogP contribution < -0.4 is 0 Å². The number of hydrogen-bond donors (Lipinski definition) is 0. The Balaban J connectivity index is 1.41. The summed E-state index contributed by atoms with van der Waals surface area (Å²) in [5.74, 6) is 0.715. The number of carbonyl (C=O) groups is 1. The Hall–Kier alpha value is -2.30. The van der Waals surface area contributed by atoms with E-state index >= 15 is 0 Å². The molecule has 3 aliphatic rings. The van der Waals surface area contributed by atoms with Crippen LogP contribution in [0.1, 0.15) is 29.9 Å². The van der Waals surface area contributed by atoms with Crippen LogP contribution in [-0.4, -0.2) is 56.2 Å². The highest BCUT2D eigenvalue weighted by Gasteiger charge is 2.31. The molecule has 0 bridgehead atoms. The summed E-state index contributed by atoms with van der Waals surface area (Å²) in [6.07, 6.45) is 12.6. The second kappa shape index (κ2) is 7.19. The fourth-order valence-electron chi connectivity index (χ4n) is 4.45. The van der Waals surface area contributed by atoms with Gasteiger partial charge in [0.2, 0.25) is 0 Å². The van der Waals surface area contributed by atoms with Crippen molar-refractivity contribution in [3.63, 3.8) is 0 Å². The zero-order valence-electron chi connectivity index (χ0n) is 17.1. The highest BCUT2D eigenvalue weighted by atomic mass is 31.1. The van der Waals surface area contributed by atoms with Gasteiger partial charge in [-0.25, -0.2) is 4.52 Å². The summed E-state index contributed by atoms with van der Waals surface area (Å²) in [7, 11) is 2.67. The molecule has 5 heterocycles. The lowest BCUT2D eigenvalue weighted by atomic mass is 9.88. The smallest absolute Gasteiger partial charge is 0.252 e. The van der Waals surface area contributed by atoms with E-state index in [9.17, 15) is 4.79 Å². The van der Waals surface area contributed by atoms with Gasteiger partial charge in [-0.15, -0.1) is 0 Å². The summed E-state index contributed by atoms with van der Waals surface area (Å²) in [5.41, 5.74) is 5.07. The fraction of sp³-hybridized carbons (Fsp3) is 0.409. The Kier molecular flexibility index (Phi) is 4.64. The van der Waals surface area contributed by atoms with Gasteiger partial charge in [0.25, 0.3) is 5.91 Å². The van der Waals surface area contributed by atoms with Gasteiger partial charge in [0.1, 0.15) is 0 Å². The highest BCUT2D eigenvalue weighted by molar-refractivity contribution is 7.51. The Bertz CT molecular complexity index is 1070. The lowest BCUT2D eigenvalue weighted by Crippen LogP contribution is -2.37. The number of hydrogen-bond acceptors (Lipinski definition) is 4. The van der Waals surface area contributed by atoms with Gasteiger partial charge in [-0.1, -0.05) is 20.7 Å². The maximum absolute atomic E-state index is 12.9. The molecule has 0 N–H and O–H groups in total. The minimum Gasteiger partial charge on any atom is -0.306 e.